The fourth-order valence-corrected chi connectivity index (χ4v) is 2.82. The molecule has 1 unspecified atom stereocenters. The Balaban J connectivity index is 0.00000242. The molecule has 5 heteroatoms. The molecule has 1 aromatic rings. The van der Waals surface area contributed by atoms with Crippen LogP contribution in [0.1, 0.15) is 32.3 Å². The predicted octanol–water partition coefficient (Wildman–Crippen LogP) is 3.33. The number of aliphatic imine (C=N–C) groups is 1. The lowest BCUT2D eigenvalue weighted by molar-refractivity contribution is 0.326. The first-order chi connectivity index (χ1) is 10.2. The summed E-state index contributed by atoms with van der Waals surface area (Å²) in [4.78, 5) is 7.02. The highest BCUT2D eigenvalue weighted by atomic mass is 127. The Bertz CT molecular complexity index is 458. The summed E-state index contributed by atoms with van der Waals surface area (Å²) in [6.45, 7) is 8.79. The van der Waals surface area contributed by atoms with E-state index in [9.17, 15) is 0 Å². The Hall–Kier alpha value is -0.820. The van der Waals surface area contributed by atoms with Crippen LogP contribution in [-0.4, -0.2) is 37.0 Å². The van der Waals surface area contributed by atoms with Gasteiger partial charge in [-0.15, -0.1) is 24.0 Å². The second kappa shape index (κ2) is 10.0. The van der Waals surface area contributed by atoms with Crippen LogP contribution in [0.15, 0.2) is 29.3 Å². The van der Waals surface area contributed by atoms with Crippen LogP contribution >= 0.6 is 24.0 Å². The van der Waals surface area contributed by atoms with Crippen molar-refractivity contribution in [2.75, 3.05) is 31.5 Å². The quantitative estimate of drug-likeness (QED) is 0.425. The molecule has 1 aliphatic rings. The Kier molecular flexibility index (Phi) is 8.78. The Morgan fingerprint density at radius 2 is 2.05 bits per heavy atom. The molecule has 22 heavy (non-hydrogen) atoms. The average molecular weight is 416 g/mol. The zero-order valence-electron chi connectivity index (χ0n) is 13.7. The molecule has 1 fully saturated rings. The smallest absolute Gasteiger partial charge is 0.193 e. The lowest BCUT2D eigenvalue weighted by atomic mass is 10.1. The zero-order valence-corrected chi connectivity index (χ0v) is 16.0. The molecule has 0 aliphatic carbocycles. The molecule has 0 saturated carbocycles. The third-order valence-electron chi connectivity index (χ3n) is 4.06. The molecule has 0 amide bonds. The summed E-state index contributed by atoms with van der Waals surface area (Å²) in [5, 5.41) is 3.17. The summed E-state index contributed by atoms with van der Waals surface area (Å²) in [6.07, 6.45) is 3.52. The molecule has 0 spiro atoms. The van der Waals surface area contributed by atoms with Gasteiger partial charge in [0.15, 0.2) is 5.96 Å². The van der Waals surface area contributed by atoms with Crippen molar-refractivity contribution in [1.82, 2.24) is 4.90 Å². The van der Waals surface area contributed by atoms with E-state index < -0.39 is 0 Å². The largest absolute Gasteiger partial charge is 0.370 e. The van der Waals surface area contributed by atoms with Gasteiger partial charge in [-0.05, 0) is 56.0 Å². The molecule has 0 aromatic heterocycles. The van der Waals surface area contributed by atoms with Gasteiger partial charge in [-0.1, -0.05) is 26.0 Å². The summed E-state index contributed by atoms with van der Waals surface area (Å²) in [6, 6.07) is 8.35. The van der Waals surface area contributed by atoms with E-state index in [0.29, 0.717) is 11.9 Å². The van der Waals surface area contributed by atoms with E-state index in [4.69, 9.17) is 5.73 Å². The van der Waals surface area contributed by atoms with Gasteiger partial charge in [0.05, 0.1) is 0 Å². The van der Waals surface area contributed by atoms with Crippen LogP contribution in [0.3, 0.4) is 0 Å². The monoisotopic (exact) mass is 416 g/mol. The number of nitrogens with zero attached hydrogens (tertiary/aromatic N) is 2. The van der Waals surface area contributed by atoms with Gasteiger partial charge in [0.1, 0.15) is 0 Å². The molecular weight excluding hydrogens is 387 g/mol. The highest BCUT2D eigenvalue weighted by molar-refractivity contribution is 14.0. The van der Waals surface area contributed by atoms with E-state index in [2.05, 4.69) is 53.3 Å². The highest BCUT2D eigenvalue weighted by Crippen LogP contribution is 2.16. The van der Waals surface area contributed by atoms with Gasteiger partial charge in [0.2, 0.25) is 0 Å². The van der Waals surface area contributed by atoms with Gasteiger partial charge < -0.3 is 16.0 Å². The SMILES string of the molecule is CCCN1CCC(CN=C(N)Nc2ccc(CC)cc2)C1.I. The van der Waals surface area contributed by atoms with E-state index in [1.807, 2.05) is 0 Å². The van der Waals surface area contributed by atoms with Crippen molar-refractivity contribution in [3.8, 4) is 0 Å². The van der Waals surface area contributed by atoms with Gasteiger partial charge in [-0.2, -0.15) is 0 Å². The van der Waals surface area contributed by atoms with Crippen molar-refractivity contribution in [1.29, 1.82) is 0 Å². The van der Waals surface area contributed by atoms with Gasteiger partial charge in [-0.25, -0.2) is 0 Å². The first-order valence-electron chi connectivity index (χ1n) is 8.09. The topological polar surface area (TPSA) is 53.6 Å². The van der Waals surface area contributed by atoms with Crippen molar-refractivity contribution in [2.45, 2.75) is 33.1 Å². The maximum atomic E-state index is 5.97. The second-order valence-electron chi connectivity index (χ2n) is 5.86. The van der Waals surface area contributed by atoms with E-state index >= 15 is 0 Å². The molecule has 2 rings (SSSR count). The molecule has 1 saturated heterocycles. The first kappa shape index (κ1) is 19.2. The van der Waals surface area contributed by atoms with Crippen molar-refractivity contribution >= 4 is 35.6 Å². The number of hydrogen-bond donors (Lipinski definition) is 2. The molecule has 4 nitrogen and oxygen atoms in total. The number of rotatable bonds is 6. The minimum atomic E-state index is 0. The molecule has 1 atom stereocenters. The Morgan fingerprint density at radius 1 is 1.32 bits per heavy atom. The summed E-state index contributed by atoms with van der Waals surface area (Å²) in [5.41, 5.74) is 8.31. The summed E-state index contributed by atoms with van der Waals surface area (Å²) >= 11 is 0. The van der Waals surface area contributed by atoms with Crippen molar-refractivity contribution < 1.29 is 0 Å². The molecule has 1 aliphatic heterocycles. The number of benzene rings is 1. The zero-order chi connectivity index (χ0) is 15.1. The maximum absolute atomic E-state index is 5.97. The normalized spacial score (nSPS) is 19.0. The lowest BCUT2D eigenvalue weighted by Gasteiger charge is -2.13. The van der Waals surface area contributed by atoms with Crippen LogP contribution in [0.5, 0.6) is 0 Å². The van der Waals surface area contributed by atoms with Crippen LogP contribution in [0.4, 0.5) is 5.69 Å². The van der Waals surface area contributed by atoms with Crippen LogP contribution < -0.4 is 11.1 Å². The fraction of sp³-hybridized carbons (Fsp3) is 0.588. The number of likely N-dealkylation sites (tertiary alicyclic amines) is 1. The molecule has 3 N–H and O–H groups in total. The Morgan fingerprint density at radius 3 is 2.68 bits per heavy atom. The number of halogens is 1. The van der Waals surface area contributed by atoms with Crippen LogP contribution in [-0.2, 0) is 6.42 Å². The molecule has 124 valence electrons. The number of nitrogens with one attached hydrogen (secondary N) is 1. The van der Waals surface area contributed by atoms with Crippen molar-refractivity contribution in [3.63, 3.8) is 0 Å². The number of anilines is 1. The first-order valence-corrected chi connectivity index (χ1v) is 8.09. The summed E-state index contributed by atoms with van der Waals surface area (Å²) < 4.78 is 0. The van der Waals surface area contributed by atoms with Crippen LogP contribution in [0.25, 0.3) is 0 Å². The minimum Gasteiger partial charge on any atom is -0.370 e. The standard InChI is InChI=1S/C17H28N4.HI/c1-3-10-21-11-9-15(13-21)12-19-17(18)20-16-7-5-14(4-2)6-8-16;/h5-8,15H,3-4,9-13H2,1-2H3,(H3,18,19,20);1H. The average Bonchev–Trinajstić information content (AvgIpc) is 2.94. The van der Waals surface area contributed by atoms with E-state index in [0.717, 1.165) is 25.2 Å². The van der Waals surface area contributed by atoms with Crippen LogP contribution in [0, 0.1) is 5.92 Å². The summed E-state index contributed by atoms with van der Waals surface area (Å²) in [5.74, 6) is 1.17. The fourth-order valence-electron chi connectivity index (χ4n) is 2.82. The lowest BCUT2D eigenvalue weighted by Crippen LogP contribution is -2.25. The minimum absolute atomic E-state index is 0. The molecule has 1 aromatic carbocycles. The van der Waals surface area contributed by atoms with Crippen LogP contribution in [0.2, 0.25) is 0 Å². The third kappa shape index (κ3) is 6.12. The molecule has 1 heterocycles. The number of hydrogen-bond acceptors (Lipinski definition) is 2. The number of guanidine groups is 1. The predicted molar refractivity (Wildman–Crippen MR) is 106 cm³/mol. The van der Waals surface area contributed by atoms with E-state index in [1.54, 1.807) is 0 Å². The van der Waals surface area contributed by atoms with Gasteiger partial charge in [-0.3, -0.25) is 4.99 Å². The second-order valence-corrected chi connectivity index (χ2v) is 5.86. The highest BCUT2D eigenvalue weighted by Gasteiger charge is 2.21. The maximum Gasteiger partial charge on any atom is 0.193 e. The molecule has 0 radical (unpaired) electrons. The third-order valence-corrected chi connectivity index (χ3v) is 4.06. The Labute approximate surface area is 151 Å². The van der Waals surface area contributed by atoms with Crippen molar-refractivity contribution in [2.24, 2.45) is 16.6 Å². The molecule has 0 bridgehead atoms. The van der Waals surface area contributed by atoms with E-state index in [1.165, 1.54) is 31.5 Å². The van der Waals surface area contributed by atoms with E-state index in [-0.39, 0.29) is 24.0 Å². The van der Waals surface area contributed by atoms with Gasteiger partial charge >= 0.3 is 0 Å². The number of nitrogens with two attached hydrogens (primary N) is 1. The van der Waals surface area contributed by atoms with Gasteiger partial charge in [0, 0.05) is 18.8 Å². The number of aryl methyl sites for hydroxylation is 1. The van der Waals surface area contributed by atoms with Gasteiger partial charge in [0.25, 0.3) is 0 Å². The molecular formula is C17H29IN4. The van der Waals surface area contributed by atoms with Crippen molar-refractivity contribution in [3.05, 3.63) is 29.8 Å². The summed E-state index contributed by atoms with van der Waals surface area (Å²) in [7, 11) is 0.